The maximum atomic E-state index is 10.9. The van der Waals surface area contributed by atoms with Crippen molar-refractivity contribution in [2.24, 2.45) is 0 Å². The van der Waals surface area contributed by atoms with E-state index in [2.05, 4.69) is 15.0 Å². The number of carbonyl (C=O) groups is 1. The van der Waals surface area contributed by atoms with Gasteiger partial charge in [0.25, 0.3) is 0 Å². The second-order valence-corrected chi connectivity index (χ2v) is 2.10. The molecule has 12 heavy (non-hydrogen) atoms. The van der Waals surface area contributed by atoms with Crippen LogP contribution in [0.3, 0.4) is 0 Å². The first kappa shape index (κ1) is 8.27. The van der Waals surface area contributed by atoms with Gasteiger partial charge >= 0.3 is 0 Å². The van der Waals surface area contributed by atoms with Crippen LogP contribution in [-0.2, 0) is 11.2 Å². The Bertz CT molecular complexity index is 286. The van der Waals surface area contributed by atoms with E-state index in [4.69, 9.17) is 5.26 Å². The monoisotopic (exact) mass is 165 g/mol. The summed E-state index contributed by atoms with van der Waals surface area (Å²) in [5, 5.41) is 14.1. The van der Waals surface area contributed by atoms with Crippen LogP contribution in [0.25, 0.3) is 0 Å². The number of nitrogens with one attached hydrogen (secondary N) is 1. The van der Waals surface area contributed by atoms with Crippen molar-refractivity contribution in [1.82, 2.24) is 10.5 Å². The highest BCUT2D eigenvalue weighted by atomic mass is 16.5. The summed E-state index contributed by atoms with van der Waals surface area (Å²) in [6.45, 7) is 0.0245. The molecule has 1 aromatic heterocycles. The zero-order valence-corrected chi connectivity index (χ0v) is 6.28. The van der Waals surface area contributed by atoms with Gasteiger partial charge in [-0.1, -0.05) is 5.16 Å². The van der Waals surface area contributed by atoms with Crippen molar-refractivity contribution in [3.8, 4) is 6.07 Å². The SMILES string of the molecule is N#CCNC(=O)Cc1ccon1. The Morgan fingerprint density at radius 3 is 3.25 bits per heavy atom. The van der Waals surface area contributed by atoms with E-state index >= 15 is 0 Å². The molecule has 1 amide bonds. The van der Waals surface area contributed by atoms with Crippen molar-refractivity contribution in [2.75, 3.05) is 6.54 Å². The van der Waals surface area contributed by atoms with E-state index in [1.165, 1.54) is 6.26 Å². The standard InChI is InChI=1S/C7H7N3O2/c8-2-3-9-7(11)5-6-1-4-12-10-6/h1,4H,3,5H2,(H,9,11). The van der Waals surface area contributed by atoms with Crippen molar-refractivity contribution in [2.45, 2.75) is 6.42 Å². The predicted molar refractivity (Wildman–Crippen MR) is 38.8 cm³/mol. The Kier molecular flexibility index (Phi) is 2.85. The number of rotatable bonds is 3. The molecule has 5 heteroatoms. The zero-order chi connectivity index (χ0) is 8.81. The molecule has 5 nitrogen and oxygen atoms in total. The van der Waals surface area contributed by atoms with E-state index < -0.39 is 0 Å². The molecule has 0 saturated carbocycles. The maximum absolute atomic E-state index is 10.9. The minimum atomic E-state index is -0.231. The lowest BCUT2D eigenvalue weighted by atomic mass is 10.3. The van der Waals surface area contributed by atoms with Gasteiger partial charge in [-0.15, -0.1) is 0 Å². The molecule has 0 aromatic carbocycles. The average Bonchev–Trinajstić information content (AvgIpc) is 2.53. The molecule has 0 fully saturated rings. The molecule has 0 aliphatic carbocycles. The maximum Gasteiger partial charge on any atom is 0.226 e. The van der Waals surface area contributed by atoms with Crippen LogP contribution >= 0.6 is 0 Å². The van der Waals surface area contributed by atoms with E-state index in [9.17, 15) is 4.79 Å². The smallest absolute Gasteiger partial charge is 0.226 e. The Morgan fingerprint density at radius 1 is 1.83 bits per heavy atom. The molecule has 0 aliphatic heterocycles. The second-order valence-electron chi connectivity index (χ2n) is 2.10. The Hall–Kier alpha value is -1.83. The lowest BCUT2D eigenvalue weighted by molar-refractivity contribution is -0.120. The molecule has 62 valence electrons. The zero-order valence-electron chi connectivity index (χ0n) is 6.28. The van der Waals surface area contributed by atoms with Crippen LogP contribution < -0.4 is 5.32 Å². The summed E-state index contributed by atoms with van der Waals surface area (Å²) >= 11 is 0. The van der Waals surface area contributed by atoms with Crippen LogP contribution in [0.5, 0.6) is 0 Å². The normalized spacial score (nSPS) is 8.92. The van der Waals surface area contributed by atoms with Crippen molar-refractivity contribution in [3.05, 3.63) is 18.0 Å². The van der Waals surface area contributed by atoms with Gasteiger partial charge in [0.15, 0.2) is 0 Å². The Balaban J connectivity index is 2.33. The minimum absolute atomic E-state index is 0.0245. The summed E-state index contributed by atoms with van der Waals surface area (Å²) in [5.41, 5.74) is 0.561. The van der Waals surface area contributed by atoms with Gasteiger partial charge in [0, 0.05) is 6.07 Å². The molecule has 1 heterocycles. The van der Waals surface area contributed by atoms with Gasteiger partial charge in [-0.25, -0.2) is 0 Å². The van der Waals surface area contributed by atoms with Gasteiger partial charge in [0.2, 0.25) is 5.91 Å². The molecule has 0 bridgehead atoms. The highest BCUT2D eigenvalue weighted by Gasteiger charge is 2.03. The van der Waals surface area contributed by atoms with Gasteiger partial charge < -0.3 is 9.84 Å². The molecule has 0 saturated heterocycles. The van der Waals surface area contributed by atoms with Crippen molar-refractivity contribution < 1.29 is 9.32 Å². The third-order valence-corrected chi connectivity index (χ3v) is 1.20. The van der Waals surface area contributed by atoms with Crippen LogP contribution in [0.15, 0.2) is 16.9 Å². The number of carbonyl (C=O) groups excluding carboxylic acids is 1. The summed E-state index contributed by atoms with van der Waals surface area (Å²) in [4.78, 5) is 10.9. The number of nitriles is 1. The molecule has 0 atom stereocenters. The van der Waals surface area contributed by atoms with Crippen LogP contribution in [0.1, 0.15) is 5.69 Å². The molecule has 0 aliphatic rings. The predicted octanol–water partition coefficient (Wildman–Crippen LogP) is -0.143. The fourth-order valence-electron chi connectivity index (χ4n) is 0.694. The van der Waals surface area contributed by atoms with E-state index in [1.54, 1.807) is 12.1 Å². The lowest BCUT2D eigenvalue weighted by Crippen LogP contribution is -2.25. The highest BCUT2D eigenvalue weighted by molar-refractivity contribution is 5.78. The molecular weight excluding hydrogens is 158 g/mol. The molecule has 0 unspecified atom stereocenters. The van der Waals surface area contributed by atoms with E-state index in [0.29, 0.717) is 5.69 Å². The number of nitrogens with zero attached hydrogens (tertiary/aromatic N) is 2. The molecule has 1 rings (SSSR count). The first-order valence-corrected chi connectivity index (χ1v) is 3.36. The Morgan fingerprint density at radius 2 is 2.67 bits per heavy atom. The first-order valence-electron chi connectivity index (χ1n) is 3.36. The van der Waals surface area contributed by atoms with Crippen LogP contribution in [0.4, 0.5) is 0 Å². The number of hydrogen-bond donors (Lipinski definition) is 1. The average molecular weight is 165 g/mol. The third-order valence-electron chi connectivity index (χ3n) is 1.20. The molecule has 1 aromatic rings. The molecular formula is C7H7N3O2. The van der Waals surface area contributed by atoms with Crippen molar-refractivity contribution in [1.29, 1.82) is 5.26 Å². The van der Waals surface area contributed by atoms with Gasteiger partial charge in [-0.2, -0.15) is 5.26 Å². The molecule has 1 N–H and O–H groups in total. The third kappa shape index (κ3) is 2.42. The lowest BCUT2D eigenvalue weighted by Gasteiger charge is -1.95. The second kappa shape index (κ2) is 4.13. The molecule has 0 radical (unpaired) electrons. The quantitative estimate of drug-likeness (QED) is 0.632. The fourth-order valence-corrected chi connectivity index (χ4v) is 0.694. The number of hydrogen-bond acceptors (Lipinski definition) is 4. The Labute approximate surface area is 69.0 Å². The number of aromatic nitrogens is 1. The van der Waals surface area contributed by atoms with Crippen LogP contribution in [-0.4, -0.2) is 17.6 Å². The topological polar surface area (TPSA) is 78.9 Å². The summed E-state index contributed by atoms with van der Waals surface area (Å²) in [6, 6.07) is 3.41. The first-order chi connectivity index (χ1) is 5.83. The largest absolute Gasteiger partial charge is 0.364 e. The minimum Gasteiger partial charge on any atom is -0.364 e. The summed E-state index contributed by atoms with van der Waals surface area (Å²) in [6.07, 6.45) is 1.55. The summed E-state index contributed by atoms with van der Waals surface area (Å²) < 4.78 is 4.52. The van der Waals surface area contributed by atoms with Crippen molar-refractivity contribution >= 4 is 5.91 Å². The van der Waals surface area contributed by atoms with Gasteiger partial charge in [0.05, 0.1) is 18.2 Å². The summed E-state index contributed by atoms with van der Waals surface area (Å²) in [7, 11) is 0. The highest BCUT2D eigenvalue weighted by Crippen LogP contribution is 1.94. The van der Waals surface area contributed by atoms with Crippen molar-refractivity contribution in [3.63, 3.8) is 0 Å². The van der Waals surface area contributed by atoms with E-state index in [-0.39, 0.29) is 18.9 Å². The van der Waals surface area contributed by atoms with E-state index in [1.807, 2.05) is 0 Å². The fraction of sp³-hybridized carbons (Fsp3) is 0.286. The van der Waals surface area contributed by atoms with Crippen LogP contribution in [0.2, 0.25) is 0 Å². The molecule has 0 spiro atoms. The van der Waals surface area contributed by atoms with E-state index in [0.717, 1.165) is 0 Å². The van der Waals surface area contributed by atoms with Gasteiger partial charge in [-0.05, 0) is 0 Å². The summed E-state index contributed by atoms with van der Waals surface area (Å²) in [5.74, 6) is -0.231. The van der Waals surface area contributed by atoms with Gasteiger partial charge in [-0.3, -0.25) is 4.79 Å². The van der Waals surface area contributed by atoms with Gasteiger partial charge in [0.1, 0.15) is 12.8 Å². The number of amides is 1. The van der Waals surface area contributed by atoms with Crippen LogP contribution in [0, 0.1) is 11.3 Å².